The van der Waals surface area contributed by atoms with Crippen molar-refractivity contribution >= 4 is 29.3 Å². The Morgan fingerprint density at radius 3 is 2.84 bits per heavy atom. The Kier molecular flexibility index (Phi) is 4.64. The summed E-state index contributed by atoms with van der Waals surface area (Å²) in [4.78, 5) is 39.1. The molecule has 2 N–H and O–H groups in total. The van der Waals surface area contributed by atoms with Gasteiger partial charge in [-0.25, -0.2) is 0 Å². The third-order valence-corrected chi connectivity index (χ3v) is 4.66. The van der Waals surface area contributed by atoms with Gasteiger partial charge in [-0.05, 0) is 18.9 Å². The van der Waals surface area contributed by atoms with Gasteiger partial charge in [-0.15, -0.1) is 0 Å². The SMILES string of the molecule is Cn1ncc2ncc(C(=O)N3[C@@H]4CC[C@H]3CNC(=O)C4)cc21.O=CO. The summed E-state index contributed by atoms with van der Waals surface area (Å²) < 4.78 is 1.71. The molecule has 2 saturated heterocycles. The Morgan fingerprint density at radius 1 is 1.36 bits per heavy atom. The summed E-state index contributed by atoms with van der Waals surface area (Å²) in [5, 5.41) is 13.9. The molecule has 0 radical (unpaired) electrons. The van der Waals surface area contributed by atoms with Gasteiger partial charge in [0.05, 0.1) is 17.3 Å². The van der Waals surface area contributed by atoms with Crippen molar-refractivity contribution in [3.63, 3.8) is 0 Å². The van der Waals surface area contributed by atoms with Gasteiger partial charge in [0.2, 0.25) is 5.91 Å². The molecule has 25 heavy (non-hydrogen) atoms. The smallest absolute Gasteiger partial charge is 0.290 e. The predicted octanol–water partition coefficient (Wildman–Crippen LogP) is 0.162. The zero-order valence-electron chi connectivity index (χ0n) is 13.8. The van der Waals surface area contributed by atoms with Crippen LogP contribution in [0.2, 0.25) is 0 Å². The van der Waals surface area contributed by atoms with Crippen LogP contribution in [0.25, 0.3) is 11.0 Å². The molecule has 2 bridgehead atoms. The second kappa shape index (κ2) is 6.88. The number of carbonyl (C=O) groups excluding carboxylic acids is 2. The monoisotopic (exact) mass is 345 g/mol. The maximum Gasteiger partial charge on any atom is 0.290 e. The lowest BCUT2D eigenvalue weighted by Gasteiger charge is -2.27. The minimum atomic E-state index is -0.250. The summed E-state index contributed by atoms with van der Waals surface area (Å²) in [6.07, 6.45) is 5.51. The normalized spacial score (nSPS) is 22.0. The van der Waals surface area contributed by atoms with Crippen LogP contribution in [-0.4, -0.2) is 61.7 Å². The summed E-state index contributed by atoms with van der Waals surface area (Å²) in [6.45, 7) is 0.294. The largest absolute Gasteiger partial charge is 0.483 e. The zero-order valence-corrected chi connectivity index (χ0v) is 13.8. The first-order valence-electron chi connectivity index (χ1n) is 8.00. The Morgan fingerprint density at radius 2 is 2.08 bits per heavy atom. The lowest BCUT2D eigenvalue weighted by atomic mass is 10.1. The van der Waals surface area contributed by atoms with Crippen molar-refractivity contribution in [2.45, 2.75) is 31.3 Å². The van der Waals surface area contributed by atoms with Crippen molar-refractivity contribution in [1.29, 1.82) is 0 Å². The van der Waals surface area contributed by atoms with Gasteiger partial charge in [-0.1, -0.05) is 0 Å². The molecule has 0 aliphatic carbocycles. The highest BCUT2D eigenvalue weighted by Gasteiger charge is 2.40. The standard InChI is InChI=1S/C15H17N5O2.CH2O2/c1-19-13-4-9(6-16-12(13)8-18-19)15(22)20-10-2-3-11(20)7-17-14(21)5-10;2-1-3/h4,6,8,10-11H,2-3,5,7H2,1H3,(H,17,21);1H,(H,2,3)/t10-,11+;/m1./s1. The number of aryl methyl sites for hydroxylation is 1. The van der Waals surface area contributed by atoms with Crippen LogP contribution in [0.3, 0.4) is 0 Å². The molecule has 2 aromatic rings. The first-order valence-corrected chi connectivity index (χ1v) is 8.00. The fourth-order valence-electron chi connectivity index (χ4n) is 3.50. The fraction of sp³-hybridized carbons (Fsp3) is 0.438. The van der Waals surface area contributed by atoms with E-state index in [1.54, 1.807) is 17.1 Å². The van der Waals surface area contributed by atoms with Gasteiger partial charge in [0.15, 0.2) is 0 Å². The third-order valence-electron chi connectivity index (χ3n) is 4.66. The molecule has 2 aromatic heterocycles. The average molecular weight is 345 g/mol. The summed E-state index contributed by atoms with van der Waals surface area (Å²) in [5.41, 5.74) is 2.17. The predicted molar refractivity (Wildman–Crippen MR) is 87.8 cm³/mol. The minimum absolute atomic E-state index is 0.00207. The van der Waals surface area contributed by atoms with Crippen molar-refractivity contribution in [3.8, 4) is 0 Å². The quantitative estimate of drug-likeness (QED) is 0.711. The first kappa shape index (κ1) is 16.9. The van der Waals surface area contributed by atoms with E-state index in [1.807, 2.05) is 18.0 Å². The summed E-state index contributed by atoms with van der Waals surface area (Å²) >= 11 is 0. The average Bonchev–Trinajstić information content (AvgIpc) is 3.11. The highest BCUT2D eigenvalue weighted by molar-refractivity contribution is 5.97. The molecule has 9 nitrogen and oxygen atoms in total. The molecule has 4 heterocycles. The number of rotatable bonds is 1. The molecule has 2 fully saturated rings. The molecule has 2 aliphatic rings. The van der Waals surface area contributed by atoms with Crippen LogP contribution in [0.1, 0.15) is 29.6 Å². The molecule has 2 aliphatic heterocycles. The number of amides is 2. The number of hydrogen-bond acceptors (Lipinski definition) is 5. The molecule has 9 heteroatoms. The molecule has 132 valence electrons. The number of aromatic nitrogens is 3. The van der Waals surface area contributed by atoms with Gasteiger partial charge in [-0.2, -0.15) is 5.10 Å². The number of nitrogens with zero attached hydrogens (tertiary/aromatic N) is 4. The first-order chi connectivity index (χ1) is 12.0. The molecular formula is C16H19N5O4. The van der Waals surface area contributed by atoms with Crippen molar-refractivity contribution < 1.29 is 19.5 Å². The zero-order chi connectivity index (χ0) is 18.0. The molecule has 2 amide bonds. The van der Waals surface area contributed by atoms with E-state index in [1.165, 1.54) is 0 Å². The van der Waals surface area contributed by atoms with Crippen LogP contribution < -0.4 is 5.32 Å². The number of hydrogen-bond donors (Lipinski definition) is 2. The second-order valence-electron chi connectivity index (χ2n) is 6.11. The van der Waals surface area contributed by atoms with Crippen molar-refractivity contribution in [2.75, 3.05) is 6.54 Å². The molecular weight excluding hydrogens is 326 g/mol. The third kappa shape index (κ3) is 3.17. The van der Waals surface area contributed by atoms with Gasteiger partial charge in [-0.3, -0.25) is 24.0 Å². The van der Waals surface area contributed by atoms with E-state index in [0.29, 0.717) is 18.5 Å². The van der Waals surface area contributed by atoms with E-state index in [9.17, 15) is 9.59 Å². The molecule has 4 rings (SSSR count). The molecule has 0 aromatic carbocycles. The topological polar surface area (TPSA) is 117 Å². The Hall–Kier alpha value is -2.97. The highest BCUT2D eigenvalue weighted by Crippen LogP contribution is 2.30. The number of fused-ring (bicyclic) bond motifs is 3. The van der Waals surface area contributed by atoms with E-state index in [2.05, 4.69) is 15.4 Å². The molecule has 2 atom stereocenters. The fourth-order valence-corrected chi connectivity index (χ4v) is 3.50. The summed E-state index contributed by atoms with van der Waals surface area (Å²) in [5.74, 6) is -0.00943. The van der Waals surface area contributed by atoms with Gasteiger partial charge in [0, 0.05) is 38.3 Å². The van der Waals surface area contributed by atoms with Crippen molar-refractivity contribution in [1.82, 2.24) is 25.0 Å². The maximum absolute atomic E-state index is 12.9. The highest BCUT2D eigenvalue weighted by atomic mass is 16.3. The van der Waals surface area contributed by atoms with E-state index >= 15 is 0 Å². The molecule has 0 unspecified atom stereocenters. The minimum Gasteiger partial charge on any atom is -0.483 e. The maximum atomic E-state index is 12.9. The Labute approximate surface area is 143 Å². The Balaban J connectivity index is 0.000000569. The van der Waals surface area contributed by atoms with E-state index in [4.69, 9.17) is 9.90 Å². The lowest BCUT2D eigenvalue weighted by Crippen LogP contribution is -2.42. The van der Waals surface area contributed by atoms with E-state index < -0.39 is 0 Å². The van der Waals surface area contributed by atoms with Crippen LogP contribution in [0.15, 0.2) is 18.5 Å². The van der Waals surface area contributed by atoms with Gasteiger partial charge >= 0.3 is 0 Å². The van der Waals surface area contributed by atoms with Gasteiger partial charge in [0.1, 0.15) is 5.52 Å². The van der Waals surface area contributed by atoms with Crippen molar-refractivity contribution in [2.24, 2.45) is 7.05 Å². The number of carboxylic acid groups (broad SMARTS) is 1. The van der Waals surface area contributed by atoms with Crippen LogP contribution >= 0.6 is 0 Å². The van der Waals surface area contributed by atoms with Gasteiger partial charge < -0.3 is 15.3 Å². The number of nitrogens with one attached hydrogen (secondary N) is 1. The van der Waals surface area contributed by atoms with E-state index in [0.717, 1.165) is 23.9 Å². The van der Waals surface area contributed by atoms with Crippen LogP contribution in [0, 0.1) is 0 Å². The van der Waals surface area contributed by atoms with E-state index in [-0.39, 0.29) is 30.4 Å². The summed E-state index contributed by atoms with van der Waals surface area (Å²) in [6, 6.07) is 1.92. The molecule has 0 spiro atoms. The molecule has 0 saturated carbocycles. The Bertz CT molecular complexity index is 818. The number of pyridine rings is 1. The van der Waals surface area contributed by atoms with Crippen molar-refractivity contribution in [3.05, 3.63) is 24.0 Å². The van der Waals surface area contributed by atoms with Crippen LogP contribution in [0.5, 0.6) is 0 Å². The van der Waals surface area contributed by atoms with Crippen LogP contribution in [0.4, 0.5) is 0 Å². The van der Waals surface area contributed by atoms with Gasteiger partial charge in [0.25, 0.3) is 12.4 Å². The second-order valence-corrected chi connectivity index (χ2v) is 6.11. The lowest BCUT2D eigenvalue weighted by molar-refractivity contribution is -0.123. The van der Waals surface area contributed by atoms with Crippen LogP contribution in [-0.2, 0) is 16.6 Å². The number of carbonyl (C=O) groups is 3. The summed E-state index contributed by atoms with van der Waals surface area (Å²) in [7, 11) is 1.83.